The fourth-order valence-corrected chi connectivity index (χ4v) is 5.14. The summed E-state index contributed by atoms with van der Waals surface area (Å²) < 4.78 is 41.3. The van der Waals surface area contributed by atoms with Gasteiger partial charge in [-0.05, 0) is 72.1 Å². The highest BCUT2D eigenvalue weighted by Gasteiger charge is 2.27. The van der Waals surface area contributed by atoms with Gasteiger partial charge in [0.2, 0.25) is 5.91 Å². The normalized spacial score (nSPS) is 13.0. The third-order valence-corrected chi connectivity index (χ3v) is 8.31. The van der Waals surface area contributed by atoms with Crippen molar-refractivity contribution in [1.29, 1.82) is 0 Å². The van der Waals surface area contributed by atoms with Gasteiger partial charge < -0.3 is 20.1 Å². The van der Waals surface area contributed by atoms with Gasteiger partial charge in [0, 0.05) is 31.5 Å². The Hall–Kier alpha value is -2.28. The Morgan fingerprint density at radius 2 is 1.79 bits per heavy atom. The molecule has 42 heavy (non-hydrogen) atoms. The summed E-state index contributed by atoms with van der Waals surface area (Å²) in [6, 6.07) is 2.89. The molecule has 2 aromatic rings. The number of halogens is 4. The first-order valence-electron chi connectivity index (χ1n) is 13.9. The SMILES string of the molecule is Cc1nn(COCC[Si](C)(C)C)c(C)c1-c1ccc(NC(=O)[C@H](CCCC(Cl)Cl)NC(=O)OC(C)(C)C)nc1C(F)F. The van der Waals surface area contributed by atoms with E-state index in [1.54, 1.807) is 39.3 Å². The van der Waals surface area contributed by atoms with E-state index in [0.29, 0.717) is 36.4 Å². The third kappa shape index (κ3) is 11.8. The van der Waals surface area contributed by atoms with Crippen molar-refractivity contribution in [3.8, 4) is 11.1 Å². The fraction of sp³-hybridized carbons (Fsp3) is 0.643. The lowest BCUT2D eigenvalue weighted by Crippen LogP contribution is -2.46. The van der Waals surface area contributed by atoms with Gasteiger partial charge in [-0.2, -0.15) is 5.10 Å². The average molecular weight is 651 g/mol. The summed E-state index contributed by atoms with van der Waals surface area (Å²) in [5, 5.41) is 9.58. The topological polar surface area (TPSA) is 107 Å². The van der Waals surface area contributed by atoms with Crippen LogP contribution in [0.3, 0.4) is 0 Å². The van der Waals surface area contributed by atoms with Crippen LogP contribution in [0.15, 0.2) is 12.1 Å². The lowest BCUT2D eigenvalue weighted by Gasteiger charge is -2.23. The van der Waals surface area contributed by atoms with E-state index >= 15 is 0 Å². The standard InChI is InChI=1S/C28H43Cl2F2N5O4Si/c1-17-23(18(2)37(36-17)16-40-14-15-42(6,7)8)19-12-13-22(34-24(19)25(31)32)35-26(38)20(10-9-11-21(29)30)33-27(39)41-28(3,4)5/h12-13,20-21,25H,9-11,14-16H2,1-8H3,(H,33,39)(H,34,35,38)/t20-/m0/s1. The summed E-state index contributed by atoms with van der Waals surface area (Å²) in [6.07, 6.45) is -2.71. The van der Waals surface area contributed by atoms with Crippen LogP contribution < -0.4 is 10.6 Å². The number of pyridine rings is 1. The summed E-state index contributed by atoms with van der Waals surface area (Å²) in [5.74, 6) is -0.724. The number of ether oxygens (including phenoxy) is 2. The molecule has 236 valence electrons. The number of hydrogen-bond donors (Lipinski definition) is 2. The zero-order valence-electron chi connectivity index (χ0n) is 25.6. The van der Waals surface area contributed by atoms with E-state index < -0.39 is 48.7 Å². The largest absolute Gasteiger partial charge is 0.444 e. The van der Waals surface area contributed by atoms with Crippen LogP contribution in [0.5, 0.6) is 0 Å². The summed E-state index contributed by atoms with van der Waals surface area (Å²) >= 11 is 11.6. The fourth-order valence-electron chi connectivity index (χ4n) is 4.07. The van der Waals surface area contributed by atoms with Gasteiger partial charge >= 0.3 is 6.09 Å². The number of nitrogens with one attached hydrogen (secondary N) is 2. The molecule has 0 saturated heterocycles. The van der Waals surface area contributed by atoms with Gasteiger partial charge in [0.05, 0.1) is 5.69 Å². The van der Waals surface area contributed by atoms with Gasteiger partial charge in [-0.3, -0.25) is 4.79 Å². The lowest BCUT2D eigenvalue weighted by atomic mass is 10.0. The Morgan fingerprint density at radius 1 is 1.12 bits per heavy atom. The van der Waals surface area contributed by atoms with E-state index in [1.807, 2.05) is 0 Å². The molecule has 0 aromatic carbocycles. The molecule has 0 aliphatic heterocycles. The minimum Gasteiger partial charge on any atom is -0.444 e. The molecule has 2 heterocycles. The number of amides is 2. The first-order valence-corrected chi connectivity index (χ1v) is 18.5. The van der Waals surface area contributed by atoms with E-state index in [0.717, 1.165) is 6.04 Å². The number of aryl methyl sites for hydroxylation is 1. The van der Waals surface area contributed by atoms with Crippen LogP contribution in [-0.2, 0) is 21.0 Å². The zero-order valence-corrected chi connectivity index (χ0v) is 28.1. The smallest absolute Gasteiger partial charge is 0.408 e. The van der Waals surface area contributed by atoms with Gasteiger partial charge in [0.25, 0.3) is 6.43 Å². The third-order valence-electron chi connectivity index (χ3n) is 6.17. The second-order valence-corrected chi connectivity index (χ2v) is 19.2. The molecule has 2 amide bonds. The molecule has 0 aliphatic rings. The molecule has 0 saturated carbocycles. The Labute approximate surface area is 258 Å². The number of alkyl halides is 4. The van der Waals surface area contributed by atoms with Crippen molar-refractivity contribution >= 4 is 49.1 Å². The van der Waals surface area contributed by atoms with Gasteiger partial charge in [-0.15, -0.1) is 23.2 Å². The Balaban J connectivity index is 2.27. The van der Waals surface area contributed by atoms with Crippen LogP contribution in [0, 0.1) is 13.8 Å². The van der Waals surface area contributed by atoms with E-state index in [2.05, 4.69) is 40.4 Å². The number of aromatic nitrogens is 3. The first kappa shape index (κ1) is 35.9. The molecule has 0 fully saturated rings. The van der Waals surface area contributed by atoms with Crippen molar-refractivity contribution in [3.05, 3.63) is 29.2 Å². The molecule has 1 atom stereocenters. The molecule has 2 rings (SSSR count). The van der Waals surface area contributed by atoms with Gasteiger partial charge in [0.1, 0.15) is 34.7 Å². The molecule has 0 aliphatic carbocycles. The highest BCUT2D eigenvalue weighted by atomic mass is 35.5. The maximum atomic E-state index is 14.3. The summed E-state index contributed by atoms with van der Waals surface area (Å²) in [6.45, 7) is 16.2. The quantitative estimate of drug-likeness (QED) is 0.124. The molecular formula is C28H43Cl2F2N5O4Si. The first-order chi connectivity index (χ1) is 19.4. The molecular weight excluding hydrogens is 607 g/mol. The molecule has 0 unspecified atom stereocenters. The number of hydrogen-bond acceptors (Lipinski definition) is 6. The van der Waals surface area contributed by atoms with Crippen LogP contribution in [-0.4, -0.2) is 57.9 Å². The number of alkyl carbamates (subject to hydrolysis) is 1. The molecule has 9 nitrogen and oxygen atoms in total. The number of rotatable bonds is 14. The maximum Gasteiger partial charge on any atom is 0.408 e. The molecule has 14 heteroatoms. The minimum absolute atomic E-state index is 0.0834. The van der Waals surface area contributed by atoms with Gasteiger partial charge in [0.15, 0.2) is 0 Å². The summed E-state index contributed by atoms with van der Waals surface area (Å²) in [5.41, 5.74) is 0.688. The lowest BCUT2D eigenvalue weighted by molar-refractivity contribution is -0.118. The van der Waals surface area contributed by atoms with Crippen LogP contribution in [0.2, 0.25) is 25.7 Å². The van der Waals surface area contributed by atoms with Crippen molar-refractivity contribution in [2.75, 3.05) is 11.9 Å². The Bertz CT molecular complexity index is 1220. The second-order valence-electron chi connectivity index (χ2n) is 12.3. The Morgan fingerprint density at radius 3 is 2.36 bits per heavy atom. The van der Waals surface area contributed by atoms with Gasteiger partial charge in [-0.25, -0.2) is 23.2 Å². The molecule has 2 aromatic heterocycles. The number of carbonyl (C=O) groups excluding carboxylic acids is 2. The number of anilines is 1. The maximum absolute atomic E-state index is 14.3. The molecule has 0 radical (unpaired) electrons. The predicted molar refractivity (Wildman–Crippen MR) is 165 cm³/mol. The van der Waals surface area contributed by atoms with E-state index in [1.165, 1.54) is 12.1 Å². The highest BCUT2D eigenvalue weighted by Crippen LogP contribution is 2.35. The van der Waals surface area contributed by atoms with Crippen molar-refractivity contribution in [2.24, 2.45) is 0 Å². The van der Waals surface area contributed by atoms with E-state index in [9.17, 15) is 18.4 Å². The van der Waals surface area contributed by atoms with Crippen molar-refractivity contribution in [2.45, 2.75) is 109 Å². The second kappa shape index (κ2) is 15.4. The van der Waals surface area contributed by atoms with Crippen LogP contribution in [0.4, 0.5) is 19.4 Å². The minimum atomic E-state index is -2.92. The van der Waals surface area contributed by atoms with Gasteiger partial charge in [-0.1, -0.05) is 19.6 Å². The van der Waals surface area contributed by atoms with E-state index in [-0.39, 0.29) is 24.5 Å². The van der Waals surface area contributed by atoms with Crippen LogP contribution in [0.1, 0.15) is 63.5 Å². The van der Waals surface area contributed by atoms with Crippen LogP contribution >= 0.6 is 23.2 Å². The van der Waals surface area contributed by atoms with Crippen molar-refractivity contribution in [3.63, 3.8) is 0 Å². The van der Waals surface area contributed by atoms with Crippen molar-refractivity contribution < 1.29 is 27.8 Å². The summed E-state index contributed by atoms with van der Waals surface area (Å²) in [4.78, 5) is 28.9. The number of carbonyl (C=O) groups is 2. The van der Waals surface area contributed by atoms with Crippen molar-refractivity contribution in [1.82, 2.24) is 20.1 Å². The predicted octanol–water partition coefficient (Wildman–Crippen LogP) is 7.62. The average Bonchev–Trinajstić information content (AvgIpc) is 3.11. The molecule has 0 spiro atoms. The Kier molecular flexibility index (Phi) is 13.2. The van der Waals surface area contributed by atoms with Crippen LogP contribution in [0.25, 0.3) is 11.1 Å². The summed E-state index contributed by atoms with van der Waals surface area (Å²) in [7, 11) is -1.26. The van der Waals surface area contributed by atoms with E-state index in [4.69, 9.17) is 32.7 Å². The molecule has 0 bridgehead atoms. The monoisotopic (exact) mass is 649 g/mol. The molecule has 2 N–H and O–H groups in total. The zero-order chi connectivity index (χ0) is 31.8. The highest BCUT2D eigenvalue weighted by molar-refractivity contribution is 6.76. The number of nitrogens with zero attached hydrogens (tertiary/aromatic N) is 3.